The summed E-state index contributed by atoms with van der Waals surface area (Å²) in [5, 5.41) is 3.78. The second-order valence-electron chi connectivity index (χ2n) is 10.8. The largest absolute Gasteiger partial charge is 0.350 e. The molecule has 10 heteroatoms. The summed E-state index contributed by atoms with van der Waals surface area (Å²) in [5.74, 6) is -0.909. The molecule has 214 valence electrons. The Morgan fingerprint density at radius 3 is 2.12 bits per heavy atom. The van der Waals surface area contributed by atoms with Crippen molar-refractivity contribution in [1.29, 1.82) is 0 Å². The van der Waals surface area contributed by atoms with Crippen LogP contribution in [0.1, 0.15) is 44.4 Å². The van der Waals surface area contributed by atoms with Crippen LogP contribution in [0.15, 0.2) is 71.6 Å². The van der Waals surface area contributed by atoms with E-state index in [1.54, 1.807) is 43.3 Å². The number of rotatable bonds is 9. The fourth-order valence-corrected chi connectivity index (χ4v) is 5.78. The Hall–Kier alpha value is -3.07. The lowest BCUT2D eigenvalue weighted by molar-refractivity contribution is -0.140. The average molecular weight is 605 g/mol. The molecule has 0 bridgehead atoms. The van der Waals surface area contributed by atoms with E-state index >= 15 is 0 Å². The Labute approximate surface area is 247 Å². The minimum Gasteiger partial charge on any atom is -0.350 e. The maximum absolute atomic E-state index is 14.0. The van der Waals surface area contributed by atoms with Crippen LogP contribution in [0.2, 0.25) is 10.0 Å². The van der Waals surface area contributed by atoms with E-state index in [2.05, 4.69) is 5.32 Å². The fraction of sp³-hybridized carbons (Fsp3) is 0.333. The van der Waals surface area contributed by atoms with Crippen molar-refractivity contribution in [2.75, 3.05) is 10.8 Å². The van der Waals surface area contributed by atoms with Crippen LogP contribution in [-0.2, 0) is 26.2 Å². The number of hydrogen-bond donors (Lipinski definition) is 1. The fourth-order valence-electron chi connectivity index (χ4n) is 4.03. The smallest absolute Gasteiger partial charge is 0.264 e. The van der Waals surface area contributed by atoms with Crippen LogP contribution in [0, 0.1) is 13.8 Å². The van der Waals surface area contributed by atoms with Crippen molar-refractivity contribution in [2.45, 2.75) is 64.6 Å². The van der Waals surface area contributed by atoms with Crippen LogP contribution in [0.4, 0.5) is 5.69 Å². The minimum atomic E-state index is -4.18. The monoisotopic (exact) mass is 603 g/mol. The van der Waals surface area contributed by atoms with Gasteiger partial charge in [-0.3, -0.25) is 13.9 Å². The normalized spacial score (nSPS) is 12.5. The van der Waals surface area contributed by atoms with E-state index < -0.39 is 34.1 Å². The van der Waals surface area contributed by atoms with Crippen molar-refractivity contribution in [3.8, 4) is 0 Å². The molecule has 0 fully saturated rings. The van der Waals surface area contributed by atoms with Gasteiger partial charge >= 0.3 is 0 Å². The molecule has 1 atom stereocenters. The summed E-state index contributed by atoms with van der Waals surface area (Å²) >= 11 is 12.2. The van der Waals surface area contributed by atoms with E-state index in [-0.39, 0.29) is 17.3 Å². The molecule has 0 aromatic heterocycles. The molecule has 0 aliphatic heterocycles. The zero-order chi connectivity index (χ0) is 29.8. The number of amides is 2. The highest BCUT2D eigenvalue weighted by molar-refractivity contribution is 7.92. The first kappa shape index (κ1) is 31.5. The second-order valence-corrected chi connectivity index (χ2v) is 13.5. The van der Waals surface area contributed by atoms with Gasteiger partial charge in [-0.15, -0.1) is 0 Å². The topological polar surface area (TPSA) is 86.8 Å². The first-order valence-corrected chi connectivity index (χ1v) is 15.0. The van der Waals surface area contributed by atoms with Crippen LogP contribution in [0.25, 0.3) is 0 Å². The van der Waals surface area contributed by atoms with Gasteiger partial charge in [0.1, 0.15) is 12.6 Å². The number of sulfonamides is 1. The lowest BCUT2D eigenvalue weighted by Crippen LogP contribution is -2.54. The maximum Gasteiger partial charge on any atom is 0.264 e. The predicted molar refractivity (Wildman–Crippen MR) is 161 cm³/mol. The Morgan fingerprint density at radius 2 is 1.55 bits per heavy atom. The van der Waals surface area contributed by atoms with Crippen LogP contribution in [0.3, 0.4) is 0 Å². The lowest BCUT2D eigenvalue weighted by Gasteiger charge is -2.33. The van der Waals surface area contributed by atoms with Crippen molar-refractivity contribution in [3.05, 3.63) is 93.5 Å². The first-order valence-electron chi connectivity index (χ1n) is 12.8. The van der Waals surface area contributed by atoms with Gasteiger partial charge in [0.2, 0.25) is 11.8 Å². The van der Waals surface area contributed by atoms with Crippen LogP contribution in [-0.4, -0.2) is 43.3 Å². The van der Waals surface area contributed by atoms with Gasteiger partial charge < -0.3 is 10.2 Å². The van der Waals surface area contributed by atoms with Crippen molar-refractivity contribution in [3.63, 3.8) is 0 Å². The van der Waals surface area contributed by atoms with Gasteiger partial charge in [0.25, 0.3) is 10.0 Å². The van der Waals surface area contributed by atoms with E-state index in [0.717, 1.165) is 15.4 Å². The molecule has 1 N–H and O–H groups in total. The Kier molecular flexibility index (Phi) is 9.93. The molecule has 3 rings (SSSR count). The van der Waals surface area contributed by atoms with Crippen molar-refractivity contribution in [2.24, 2.45) is 0 Å². The van der Waals surface area contributed by atoms with Crippen LogP contribution < -0.4 is 9.62 Å². The first-order chi connectivity index (χ1) is 18.6. The summed E-state index contributed by atoms with van der Waals surface area (Å²) in [4.78, 5) is 28.5. The molecule has 0 saturated carbocycles. The molecule has 3 aromatic rings. The van der Waals surface area contributed by atoms with E-state index in [0.29, 0.717) is 21.3 Å². The van der Waals surface area contributed by atoms with Crippen LogP contribution in [0.5, 0.6) is 0 Å². The van der Waals surface area contributed by atoms with Gasteiger partial charge in [0, 0.05) is 22.1 Å². The van der Waals surface area contributed by atoms with E-state index in [4.69, 9.17) is 23.2 Å². The molecular formula is C30H35Cl2N3O4S. The molecule has 0 aliphatic carbocycles. The summed E-state index contributed by atoms with van der Waals surface area (Å²) < 4.78 is 28.9. The molecule has 0 heterocycles. The molecule has 3 aromatic carbocycles. The molecule has 40 heavy (non-hydrogen) atoms. The SMILES string of the molecule is Cc1ccc(N(CC(=O)N(Cc2cccc(Cl)c2)C(C)C(=O)NC(C)(C)C)S(=O)(=O)c2ccc(Cl)cc2)cc1C. The average Bonchev–Trinajstić information content (AvgIpc) is 2.86. The number of anilines is 1. The zero-order valence-electron chi connectivity index (χ0n) is 23.5. The summed E-state index contributed by atoms with van der Waals surface area (Å²) in [6, 6.07) is 17.1. The van der Waals surface area contributed by atoms with Gasteiger partial charge in [0.15, 0.2) is 0 Å². The number of hydrogen-bond acceptors (Lipinski definition) is 4. The summed E-state index contributed by atoms with van der Waals surface area (Å²) in [6.07, 6.45) is 0. The van der Waals surface area contributed by atoms with E-state index in [1.807, 2.05) is 40.7 Å². The maximum atomic E-state index is 14.0. The standard InChI is InChI=1S/C30H35Cl2N3O4S/c1-20-10-13-26(16-21(20)2)35(40(38,39)27-14-11-24(31)12-15-27)19-28(36)34(18-23-8-7-9-25(32)17-23)22(3)29(37)33-30(4,5)6/h7-17,22H,18-19H2,1-6H3,(H,33,37). The molecule has 0 radical (unpaired) electrons. The Balaban J connectivity index is 2.07. The Morgan fingerprint density at radius 1 is 0.900 bits per heavy atom. The number of nitrogens with one attached hydrogen (secondary N) is 1. The summed E-state index contributed by atoms with van der Waals surface area (Å²) in [6.45, 7) is 10.5. The van der Waals surface area contributed by atoms with Crippen molar-refractivity contribution in [1.82, 2.24) is 10.2 Å². The van der Waals surface area contributed by atoms with Gasteiger partial charge in [-0.05, 0) is 107 Å². The van der Waals surface area contributed by atoms with Crippen LogP contribution >= 0.6 is 23.2 Å². The molecule has 1 unspecified atom stereocenters. The number of aryl methyl sites for hydroxylation is 2. The predicted octanol–water partition coefficient (Wildman–Crippen LogP) is 6.14. The van der Waals surface area contributed by atoms with Gasteiger partial charge in [0.05, 0.1) is 10.6 Å². The zero-order valence-corrected chi connectivity index (χ0v) is 25.9. The molecular weight excluding hydrogens is 569 g/mol. The third-order valence-corrected chi connectivity index (χ3v) is 8.64. The Bertz CT molecular complexity index is 1490. The van der Waals surface area contributed by atoms with E-state index in [1.165, 1.54) is 29.2 Å². The number of carbonyl (C=O) groups excluding carboxylic acids is 2. The van der Waals surface area contributed by atoms with Gasteiger partial charge in [-0.1, -0.05) is 41.4 Å². The summed E-state index contributed by atoms with van der Waals surface area (Å²) in [5.41, 5.74) is 2.36. The van der Waals surface area contributed by atoms with Gasteiger partial charge in [-0.2, -0.15) is 0 Å². The minimum absolute atomic E-state index is 0.0113. The quantitative estimate of drug-likeness (QED) is 0.318. The second kappa shape index (κ2) is 12.6. The summed E-state index contributed by atoms with van der Waals surface area (Å²) in [7, 11) is -4.18. The third-order valence-electron chi connectivity index (χ3n) is 6.37. The highest BCUT2D eigenvalue weighted by Gasteiger charge is 2.33. The molecule has 7 nitrogen and oxygen atoms in total. The van der Waals surface area contributed by atoms with Gasteiger partial charge in [-0.25, -0.2) is 8.42 Å². The third kappa shape index (κ3) is 7.99. The number of carbonyl (C=O) groups is 2. The highest BCUT2D eigenvalue weighted by atomic mass is 35.5. The molecule has 0 saturated heterocycles. The lowest BCUT2D eigenvalue weighted by atomic mass is 10.1. The number of halogens is 2. The van der Waals surface area contributed by atoms with Crippen molar-refractivity contribution >= 4 is 50.7 Å². The molecule has 0 aliphatic rings. The van der Waals surface area contributed by atoms with Crippen molar-refractivity contribution < 1.29 is 18.0 Å². The molecule has 2 amide bonds. The van der Waals surface area contributed by atoms with E-state index in [9.17, 15) is 18.0 Å². The highest BCUT2D eigenvalue weighted by Crippen LogP contribution is 2.27. The molecule has 0 spiro atoms. The number of benzene rings is 3. The number of nitrogens with zero attached hydrogens (tertiary/aromatic N) is 2.